The molecule has 1 aromatic carbocycles. The number of nitrogens with zero attached hydrogens (tertiary/aromatic N) is 1. The van der Waals surface area contributed by atoms with E-state index in [4.69, 9.17) is 11.6 Å². The molecule has 7 heteroatoms. The molecule has 0 aliphatic carbocycles. The van der Waals surface area contributed by atoms with E-state index in [2.05, 4.69) is 10.3 Å². The van der Waals surface area contributed by atoms with Crippen molar-refractivity contribution in [3.05, 3.63) is 62.9 Å². The van der Waals surface area contributed by atoms with Gasteiger partial charge in [0.2, 0.25) is 0 Å². The van der Waals surface area contributed by atoms with Gasteiger partial charge in [-0.1, -0.05) is 23.7 Å². The summed E-state index contributed by atoms with van der Waals surface area (Å²) < 4.78 is 0. The maximum Gasteiger partial charge on any atom is 0.287 e. The van der Waals surface area contributed by atoms with Gasteiger partial charge in [-0.05, 0) is 17.7 Å². The Hall–Kier alpha value is -2.34. The number of nitrogens with one attached hydrogen (secondary N) is 2. The number of carbonyl (C=O) groups is 1. The van der Waals surface area contributed by atoms with E-state index in [-0.39, 0.29) is 11.4 Å². The van der Waals surface area contributed by atoms with Crippen LogP contribution in [0.5, 0.6) is 0 Å². The number of aromatic amines is 1. The molecule has 0 aliphatic heterocycles. The topological polar surface area (TPSA) is 88.0 Å². The van der Waals surface area contributed by atoms with E-state index >= 15 is 0 Å². The molecule has 98 valence electrons. The Balaban J connectivity index is 1.99. The summed E-state index contributed by atoms with van der Waals surface area (Å²) in [7, 11) is 0. The second-order valence-corrected chi connectivity index (χ2v) is 4.28. The van der Waals surface area contributed by atoms with Gasteiger partial charge in [0, 0.05) is 17.6 Å². The normalized spacial score (nSPS) is 10.2. The van der Waals surface area contributed by atoms with E-state index in [0.29, 0.717) is 11.6 Å². The Morgan fingerprint density at radius 1 is 1.42 bits per heavy atom. The van der Waals surface area contributed by atoms with E-state index in [9.17, 15) is 14.9 Å². The number of halogens is 1. The number of rotatable bonds is 4. The summed E-state index contributed by atoms with van der Waals surface area (Å²) in [5, 5.41) is 13.7. The van der Waals surface area contributed by atoms with Crippen LogP contribution < -0.4 is 5.32 Å². The highest BCUT2D eigenvalue weighted by Crippen LogP contribution is 2.13. The molecular formula is C12H10ClN3O3. The molecule has 19 heavy (non-hydrogen) atoms. The third kappa shape index (κ3) is 3.32. The van der Waals surface area contributed by atoms with Crippen molar-refractivity contribution in [1.29, 1.82) is 0 Å². The minimum absolute atomic E-state index is 0.145. The Morgan fingerprint density at radius 3 is 2.84 bits per heavy atom. The van der Waals surface area contributed by atoms with Crippen molar-refractivity contribution in [2.75, 3.05) is 0 Å². The summed E-state index contributed by atoms with van der Waals surface area (Å²) in [4.78, 5) is 24.2. The van der Waals surface area contributed by atoms with Gasteiger partial charge in [0.1, 0.15) is 5.69 Å². The molecule has 2 rings (SSSR count). The van der Waals surface area contributed by atoms with Crippen molar-refractivity contribution in [3.8, 4) is 0 Å². The molecule has 0 radical (unpaired) electrons. The van der Waals surface area contributed by atoms with E-state index in [1.54, 1.807) is 18.2 Å². The largest absolute Gasteiger partial charge is 0.351 e. The molecule has 1 aromatic heterocycles. The number of benzene rings is 1. The first-order chi connectivity index (χ1) is 9.06. The summed E-state index contributed by atoms with van der Waals surface area (Å²) in [6, 6.07) is 8.26. The molecule has 2 aromatic rings. The minimum atomic E-state index is -0.565. The van der Waals surface area contributed by atoms with Crippen molar-refractivity contribution in [1.82, 2.24) is 10.3 Å². The fourth-order valence-corrected chi connectivity index (χ4v) is 1.76. The van der Waals surface area contributed by atoms with Crippen molar-refractivity contribution in [3.63, 3.8) is 0 Å². The number of aromatic nitrogens is 1. The molecular weight excluding hydrogens is 270 g/mol. The first-order valence-electron chi connectivity index (χ1n) is 5.42. The average molecular weight is 280 g/mol. The first kappa shape index (κ1) is 13.1. The van der Waals surface area contributed by atoms with Crippen LogP contribution in [-0.2, 0) is 6.54 Å². The Bertz CT molecular complexity index is 624. The molecule has 2 N–H and O–H groups in total. The highest BCUT2D eigenvalue weighted by Gasteiger charge is 2.13. The fraction of sp³-hybridized carbons (Fsp3) is 0.0833. The second kappa shape index (κ2) is 5.53. The number of hydrogen-bond acceptors (Lipinski definition) is 3. The van der Waals surface area contributed by atoms with Crippen molar-refractivity contribution in [2.24, 2.45) is 0 Å². The molecule has 0 fully saturated rings. The van der Waals surface area contributed by atoms with Gasteiger partial charge in [-0.3, -0.25) is 14.9 Å². The monoisotopic (exact) mass is 279 g/mol. The van der Waals surface area contributed by atoms with Crippen LogP contribution >= 0.6 is 11.6 Å². The third-order valence-electron chi connectivity index (χ3n) is 2.47. The summed E-state index contributed by atoms with van der Waals surface area (Å²) in [6.45, 7) is 0.298. The number of amides is 1. The molecule has 0 unspecified atom stereocenters. The van der Waals surface area contributed by atoms with Gasteiger partial charge >= 0.3 is 0 Å². The first-order valence-corrected chi connectivity index (χ1v) is 5.79. The van der Waals surface area contributed by atoms with Crippen LogP contribution in [0.15, 0.2) is 36.5 Å². The van der Waals surface area contributed by atoms with E-state index in [1.807, 2.05) is 6.07 Å². The lowest BCUT2D eigenvalue weighted by Gasteiger charge is -2.04. The fourth-order valence-electron chi connectivity index (χ4n) is 1.54. The SMILES string of the molecule is O=C(NCc1cccc(Cl)c1)c1cc([N+](=O)[O-])c[nH]1. The molecule has 0 atom stereocenters. The molecule has 1 heterocycles. The summed E-state index contributed by atoms with van der Waals surface area (Å²) >= 11 is 5.82. The lowest BCUT2D eigenvalue weighted by Crippen LogP contribution is -2.22. The van der Waals surface area contributed by atoms with Gasteiger partial charge in [0.25, 0.3) is 11.6 Å². The van der Waals surface area contributed by atoms with Gasteiger partial charge < -0.3 is 10.3 Å². The highest BCUT2D eigenvalue weighted by molar-refractivity contribution is 6.30. The van der Waals surface area contributed by atoms with Crippen molar-refractivity contribution >= 4 is 23.2 Å². The number of hydrogen-bond donors (Lipinski definition) is 2. The molecule has 0 saturated carbocycles. The van der Waals surface area contributed by atoms with Gasteiger partial charge in [-0.15, -0.1) is 0 Å². The van der Waals surface area contributed by atoms with Gasteiger partial charge in [-0.2, -0.15) is 0 Å². The van der Waals surface area contributed by atoms with Crippen LogP contribution in [-0.4, -0.2) is 15.8 Å². The van der Waals surface area contributed by atoms with Gasteiger partial charge in [0.15, 0.2) is 0 Å². The van der Waals surface area contributed by atoms with Crippen LogP contribution in [0.3, 0.4) is 0 Å². The van der Waals surface area contributed by atoms with E-state index < -0.39 is 10.8 Å². The minimum Gasteiger partial charge on any atom is -0.351 e. The predicted molar refractivity (Wildman–Crippen MR) is 70.1 cm³/mol. The lowest BCUT2D eigenvalue weighted by atomic mass is 10.2. The van der Waals surface area contributed by atoms with Crippen LogP contribution in [0.25, 0.3) is 0 Å². The quantitative estimate of drug-likeness (QED) is 0.666. The number of nitro groups is 1. The maximum absolute atomic E-state index is 11.7. The molecule has 6 nitrogen and oxygen atoms in total. The van der Waals surface area contributed by atoms with Crippen LogP contribution in [0, 0.1) is 10.1 Å². The van der Waals surface area contributed by atoms with Gasteiger partial charge in [-0.25, -0.2) is 0 Å². The zero-order valence-corrected chi connectivity index (χ0v) is 10.5. The zero-order valence-electron chi connectivity index (χ0n) is 9.72. The van der Waals surface area contributed by atoms with Crippen LogP contribution in [0.2, 0.25) is 5.02 Å². The van der Waals surface area contributed by atoms with E-state index in [1.165, 1.54) is 12.3 Å². The van der Waals surface area contributed by atoms with Crippen molar-refractivity contribution in [2.45, 2.75) is 6.54 Å². The molecule has 0 aliphatic rings. The summed E-state index contributed by atoms with van der Waals surface area (Å²) in [5.74, 6) is -0.409. The van der Waals surface area contributed by atoms with Crippen LogP contribution in [0.4, 0.5) is 5.69 Å². The molecule has 1 amide bonds. The second-order valence-electron chi connectivity index (χ2n) is 3.84. The smallest absolute Gasteiger partial charge is 0.287 e. The standard InChI is InChI=1S/C12H10ClN3O3/c13-9-3-1-2-8(4-9)6-15-12(17)11-5-10(7-14-11)16(18)19/h1-5,7,14H,6H2,(H,15,17). The number of carbonyl (C=O) groups excluding carboxylic acids is 1. The highest BCUT2D eigenvalue weighted by atomic mass is 35.5. The Labute approximate surface area is 113 Å². The average Bonchev–Trinajstić information content (AvgIpc) is 2.86. The molecule has 0 spiro atoms. The molecule has 0 bridgehead atoms. The van der Waals surface area contributed by atoms with Crippen molar-refractivity contribution < 1.29 is 9.72 Å². The van der Waals surface area contributed by atoms with E-state index in [0.717, 1.165) is 5.56 Å². The molecule has 0 saturated heterocycles. The van der Waals surface area contributed by atoms with Crippen LogP contribution in [0.1, 0.15) is 16.1 Å². The van der Waals surface area contributed by atoms with Gasteiger partial charge in [0.05, 0.1) is 11.1 Å². The predicted octanol–water partition coefficient (Wildman–Crippen LogP) is 2.51. The third-order valence-corrected chi connectivity index (χ3v) is 2.70. The Kier molecular flexibility index (Phi) is 3.82. The summed E-state index contributed by atoms with van der Waals surface area (Å²) in [6.07, 6.45) is 1.17. The lowest BCUT2D eigenvalue weighted by molar-refractivity contribution is -0.384. The Morgan fingerprint density at radius 2 is 2.21 bits per heavy atom. The number of H-pyrrole nitrogens is 1. The zero-order chi connectivity index (χ0) is 13.8. The summed E-state index contributed by atoms with van der Waals surface area (Å²) in [5.41, 5.74) is 0.850. The maximum atomic E-state index is 11.7.